The lowest BCUT2D eigenvalue weighted by Crippen LogP contribution is -2.06. The summed E-state index contributed by atoms with van der Waals surface area (Å²) in [6.07, 6.45) is 3.76. The van der Waals surface area contributed by atoms with E-state index in [1.807, 2.05) is 37.6 Å². The Bertz CT molecular complexity index is 229. The summed E-state index contributed by atoms with van der Waals surface area (Å²) in [6, 6.07) is 10.3. The highest BCUT2D eigenvalue weighted by Gasteiger charge is 1.85. The van der Waals surface area contributed by atoms with Gasteiger partial charge in [0, 0.05) is 26.0 Å². The molecule has 2 nitrogen and oxygen atoms in total. The van der Waals surface area contributed by atoms with Gasteiger partial charge in [0.15, 0.2) is 0 Å². The fourth-order valence-corrected chi connectivity index (χ4v) is 0.915. The summed E-state index contributed by atoms with van der Waals surface area (Å²) < 4.78 is 0. The molecule has 0 bridgehead atoms. The Morgan fingerprint density at radius 1 is 1.17 bits per heavy atom. The summed E-state index contributed by atoms with van der Waals surface area (Å²) in [5.41, 5.74) is 1.29. The second kappa shape index (κ2) is 5.24. The highest BCUT2D eigenvalue weighted by molar-refractivity contribution is 5.14. The van der Waals surface area contributed by atoms with Gasteiger partial charge in [-0.05, 0) is 5.56 Å². The molecule has 2 N–H and O–H groups in total. The molecule has 0 unspecified atom stereocenters. The van der Waals surface area contributed by atoms with Gasteiger partial charge in [0.05, 0.1) is 0 Å². The minimum atomic E-state index is 0.874. The summed E-state index contributed by atoms with van der Waals surface area (Å²) in [6.45, 7) is 0.874. The van der Waals surface area contributed by atoms with Crippen LogP contribution < -0.4 is 10.6 Å². The smallest absolute Gasteiger partial charge is 0.0395 e. The van der Waals surface area contributed by atoms with Crippen LogP contribution in [0.25, 0.3) is 0 Å². The number of hydrogen-bond donors (Lipinski definition) is 2. The molecule has 2 heteroatoms. The molecule has 0 spiro atoms. The summed E-state index contributed by atoms with van der Waals surface area (Å²) in [5.74, 6) is 0. The van der Waals surface area contributed by atoms with Crippen molar-refractivity contribution in [3.8, 4) is 0 Å². The molecule has 1 aromatic rings. The zero-order chi connectivity index (χ0) is 8.65. The fourth-order valence-electron chi connectivity index (χ4n) is 0.915. The van der Waals surface area contributed by atoms with E-state index in [4.69, 9.17) is 0 Å². The van der Waals surface area contributed by atoms with E-state index in [-0.39, 0.29) is 0 Å². The minimum absolute atomic E-state index is 0.874. The van der Waals surface area contributed by atoms with Crippen molar-refractivity contribution in [2.75, 3.05) is 7.05 Å². The molecule has 1 rings (SSSR count). The summed E-state index contributed by atoms with van der Waals surface area (Å²) in [4.78, 5) is 0. The maximum absolute atomic E-state index is 3.16. The predicted octanol–water partition coefficient (Wildman–Crippen LogP) is 1.47. The molecule has 0 aliphatic carbocycles. The Kier molecular flexibility index (Phi) is 3.78. The third kappa shape index (κ3) is 3.10. The standard InChI is InChI=1S/C10H14N2/c1-11-7-8-12-9-10-5-3-2-4-6-10/h2-8,11-12H,9H2,1H3. The first-order chi connectivity index (χ1) is 5.93. The number of benzene rings is 1. The number of nitrogens with one attached hydrogen (secondary N) is 2. The van der Waals surface area contributed by atoms with Gasteiger partial charge >= 0.3 is 0 Å². The zero-order valence-corrected chi connectivity index (χ0v) is 7.25. The van der Waals surface area contributed by atoms with Crippen molar-refractivity contribution >= 4 is 0 Å². The molecule has 12 heavy (non-hydrogen) atoms. The third-order valence-corrected chi connectivity index (χ3v) is 1.52. The molecule has 0 heterocycles. The van der Waals surface area contributed by atoms with Gasteiger partial charge in [-0.15, -0.1) is 0 Å². The SMILES string of the molecule is CNC=CNCc1ccccc1. The fraction of sp³-hybridized carbons (Fsp3) is 0.200. The lowest BCUT2D eigenvalue weighted by atomic mass is 10.2. The van der Waals surface area contributed by atoms with E-state index >= 15 is 0 Å². The van der Waals surface area contributed by atoms with Crippen LogP contribution in [-0.4, -0.2) is 7.05 Å². The lowest BCUT2D eigenvalue weighted by Gasteiger charge is -1.99. The first-order valence-electron chi connectivity index (χ1n) is 4.03. The van der Waals surface area contributed by atoms with Crippen LogP contribution in [0.5, 0.6) is 0 Å². The van der Waals surface area contributed by atoms with E-state index in [1.54, 1.807) is 0 Å². The Balaban J connectivity index is 2.29. The van der Waals surface area contributed by atoms with E-state index in [0.29, 0.717) is 0 Å². The molecule has 0 aliphatic heterocycles. The minimum Gasteiger partial charge on any atom is -0.393 e. The number of hydrogen-bond acceptors (Lipinski definition) is 2. The Morgan fingerprint density at radius 3 is 2.58 bits per heavy atom. The van der Waals surface area contributed by atoms with Gasteiger partial charge < -0.3 is 10.6 Å². The first kappa shape index (κ1) is 8.65. The van der Waals surface area contributed by atoms with Crippen molar-refractivity contribution in [2.45, 2.75) is 6.54 Å². The van der Waals surface area contributed by atoms with Crippen molar-refractivity contribution < 1.29 is 0 Å². The zero-order valence-electron chi connectivity index (χ0n) is 7.25. The van der Waals surface area contributed by atoms with Crippen molar-refractivity contribution in [3.05, 3.63) is 48.3 Å². The molecule has 0 saturated heterocycles. The molecule has 0 amide bonds. The van der Waals surface area contributed by atoms with Gasteiger partial charge in [0.25, 0.3) is 0 Å². The molecule has 1 aromatic carbocycles. The highest BCUT2D eigenvalue weighted by Crippen LogP contribution is 1.96. The Hall–Kier alpha value is -1.44. The van der Waals surface area contributed by atoms with Gasteiger partial charge in [-0.25, -0.2) is 0 Å². The van der Waals surface area contributed by atoms with Crippen molar-refractivity contribution in [1.82, 2.24) is 10.6 Å². The molecule has 0 aromatic heterocycles. The molecule has 0 radical (unpaired) electrons. The second-order valence-electron chi connectivity index (χ2n) is 2.49. The van der Waals surface area contributed by atoms with Crippen LogP contribution in [0.1, 0.15) is 5.56 Å². The summed E-state index contributed by atoms with van der Waals surface area (Å²) in [7, 11) is 1.88. The Labute approximate surface area is 73.3 Å². The van der Waals surface area contributed by atoms with Crippen LogP contribution in [0.3, 0.4) is 0 Å². The summed E-state index contributed by atoms with van der Waals surface area (Å²) in [5, 5.41) is 6.07. The molecule has 64 valence electrons. The summed E-state index contributed by atoms with van der Waals surface area (Å²) >= 11 is 0. The van der Waals surface area contributed by atoms with E-state index < -0.39 is 0 Å². The van der Waals surface area contributed by atoms with Crippen LogP contribution in [0.2, 0.25) is 0 Å². The molecular formula is C10H14N2. The van der Waals surface area contributed by atoms with Gasteiger partial charge in [-0.2, -0.15) is 0 Å². The van der Waals surface area contributed by atoms with Crippen molar-refractivity contribution in [3.63, 3.8) is 0 Å². The van der Waals surface area contributed by atoms with Crippen LogP contribution in [0.15, 0.2) is 42.7 Å². The van der Waals surface area contributed by atoms with Crippen LogP contribution in [0.4, 0.5) is 0 Å². The molecule has 0 saturated carbocycles. The lowest BCUT2D eigenvalue weighted by molar-refractivity contribution is 0.859. The quantitative estimate of drug-likeness (QED) is 0.700. The maximum Gasteiger partial charge on any atom is 0.0395 e. The van der Waals surface area contributed by atoms with Gasteiger partial charge in [-0.3, -0.25) is 0 Å². The Morgan fingerprint density at radius 2 is 1.92 bits per heavy atom. The van der Waals surface area contributed by atoms with Gasteiger partial charge in [0.1, 0.15) is 0 Å². The second-order valence-corrected chi connectivity index (χ2v) is 2.49. The normalized spacial score (nSPS) is 10.1. The van der Waals surface area contributed by atoms with Gasteiger partial charge in [-0.1, -0.05) is 30.3 Å². The average Bonchev–Trinajstić information content (AvgIpc) is 2.14. The predicted molar refractivity (Wildman–Crippen MR) is 51.5 cm³/mol. The van der Waals surface area contributed by atoms with E-state index in [9.17, 15) is 0 Å². The maximum atomic E-state index is 3.16. The third-order valence-electron chi connectivity index (χ3n) is 1.52. The van der Waals surface area contributed by atoms with E-state index in [0.717, 1.165) is 6.54 Å². The van der Waals surface area contributed by atoms with Crippen LogP contribution in [0, 0.1) is 0 Å². The number of rotatable bonds is 4. The molecule has 0 atom stereocenters. The van der Waals surface area contributed by atoms with Crippen LogP contribution in [-0.2, 0) is 6.54 Å². The first-order valence-corrected chi connectivity index (χ1v) is 4.03. The topological polar surface area (TPSA) is 24.1 Å². The average molecular weight is 162 g/mol. The van der Waals surface area contributed by atoms with E-state index in [2.05, 4.69) is 22.8 Å². The van der Waals surface area contributed by atoms with Gasteiger partial charge in [0.2, 0.25) is 0 Å². The van der Waals surface area contributed by atoms with E-state index in [1.165, 1.54) is 5.56 Å². The van der Waals surface area contributed by atoms with Crippen molar-refractivity contribution in [2.24, 2.45) is 0 Å². The molecule has 0 fully saturated rings. The highest BCUT2D eigenvalue weighted by atomic mass is 14.9. The van der Waals surface area contributed by atoms with Crippen LogP contribution >= 0.6 is 0 Å². The largest absolute Gasteiger partial charge is 0.393 e. The molecule has 0 aliphatic rings. The monoisotopic (exact) mass is 162 g/mol. The molecular weight excluding hydrogens is 148 g/mol. The van der Waals surface area contributed by atoms with Crippen molar-refractivity contribution in [1.29, 1.82) is 0 Å².